The first-order valence-corrected chi connectivity index (χ1v) is 9.59. The fourth-order valence-electron chi connectivity index (χ4n) is 3.70. The van der Waals surface area contributed by atoms with Crippen molar-refractivity contribution in [3.63, 3.8) is 0 Å². The number of aromatic amines is 2. The van der Waals surface area contributed by atoms with E-state index in [9.17, 15) is 4.79 Å². The van der Waals surface area contributed by atoms with Crippen LogP contribution in [0.4, 0.5) is 11.5 Å². The summed E-state index contributed by atoms with van der Waals surface area (Å²) in [5.74, 6) is 1.15. The highest BCUT2D eigenvalue weighted by Crippen LogP contribution is 2.32. The van der Waals surface area contributed by atoms with Crippen molar-refractivity contribution < 1.29 is 4.79 Å². The molecule has 30 heavy (non-hydrogen) atoms. The molecule has 3 aromatic heterocycles. The van der Waals surface area contributed by atoms with Gasteiger partial charge in [0.1, 0.15) is 17.2 Å². The van der Waals surface area contributed by atoms with E-state index >= 15 is 0 Å². The minimum Gasteiger partial charge on any atom is -0.384 e. The van der Waals surface area contributed by atoms with Crippen LogP contribution >= 0.6 is 0 Å². The molecule has 7 heteroatoms. The van der Waals surface area contributed by atoms with Gasteiger partial charge < -0.3 is 20.6 Å². The molecule has 3 heterocycles. The first-order valence-electron chi connectivity index (χ1n) is 9.59. The Bertz CT molecular complexity index is 1400. The standard InChI is InChI=1S/C23H20N6O/c1-13-25-21-17(12-20(24)28-22(21)26-13)19-11-15-10-16(8-9-18(15)27-19)29(2)23(30)14-6-4-3-5-7-14/h3-12,27H,1-2H3,(H3,24,25,26,28). The van der Waals surface area contributed by atoms with E-state index in [-0.39, 0.29) is 5.91 Å². The van der Waals surface area contributed by atoms with Crippen LogP contribution in [0.1, 0.15) is 16.2 Å². The van der Waals surface area contributed by atoms with Crippen molar-refractivity contribution in [1.82, 2.24) is 19.9 Å². The molecule has 4 N–H and O–H groups in total. The molecule has 148 valence electrons. The number of fused-ring (bicyclic) bond motifs is 2. The van der Waals surface area contributed by atoms with E-state index in [0.717, 1.165) is 39.2 Å². The molecule has 0 aliphatic heterocycles. The van der Waals surface area contributed by atoms with Gasteiger partial charge in [-0.2, -0.15) is 0 Å². The molecule has 7 nitrogen and oxygen atoms in total. The van der Waals surface area contributed by atoms with Gasteiger partial charge in [-0.15, -0.1) is 0 Å². The third-order valence-corrected chi connectivity index (χ3v) is 5.20. The minimum absolute atomic E-state index is 0.0543. The van der Waals surface area contributed by atoms with Crippen LogP contribution in [0.25, 0.3) is 33.3 Å². The van der Waals surface area contributed by atoms with E-state index in [4.69, 9.17) is 5.73 Å². The van der Waals surface area contributed by atoms with Gasteiger partial charge in [-0.1, -0.05) is 18.2 Å². The molecule has 0 fully saturated rings. The molecular formula is C23H20N6O. The lowest BCUT2D eigenvalue weighted by atomic mass is 10.1. The largest absolute Gasteiger partial charge is 0.384 e. The summed E-state index contributed by atoms with van der Waals surface area (Å²) in [6.07, 6.45) is 0. The van der Waals surface area contributed by atoms with Crippen LogP contribution in [0.2, 0.25) is 0 Å². The van der Waals surface area contributed by atoms with Gasteiger partial charge in [0.2, 0.25) is 0 Å². The molecule has 0 aliphatic carbocycles. The lowest BCUT2D eigenvalue weighted by molar-refractivity contribution is 0.0993. The van der Waals surface area contributed by atoms with E-state index in [2.05, 4.69) is 19.9 Å². The summed E-state index contributed by atoms with van der Waals surface area (Å²) in [5, 5.41) is 0.992. The van der Waals surface area contributed by atoms with Crippen molar-refractivity contribution >= 4 is 39.5 Å². The van der Waals surface area contributed by atoms with Crippen LogP contribution in [0, 0.1) is 6.92 Å². The second kappa shape index (κ2) is 6.73. The van der Waals surface area contributed by atoms with E-state index in [1.165, 1.54) is 0 Å². The Balaban J connectivity index is 1.56. The van der Waals surface area contributed by atoms with Crippen molar-refractivity contribution in [2.75, 3.05) is 17.7 Å². The summed E-state index contributed by atoms with van der Waals surface area (Å²) in [7, 11) is 1.78. The summed E-state index contributed by atoms with van der Waals surface area (Å²) >= 11 is 0. The van der Waals surface area contributed by atoms with Gasteiger partial charge in [-0.25, -0.2) is 9.97 Å². The average Bonchev–Trinajstić information content (AvgIpc) is 3.34. The number of carbonyl (C=O) groups excluding carboxylic acids is 1. The van der Waals surface area contributed by atoms with Gasteiger partial charge in [0.25, 0.3) is 5.91 Å². The molecule has 0 unspecified atom stereocenters. The van der Waals surface area contributed by atoms with Crippen LogP contribution in [-0.2, 0) is 0 Å². The first-order chi connectivity index (χ1) is 14.5. The number of hydrogen-bond acceptors (Lipinski definition) is 4. The lowest BCUT2D eigenvalue weighted by Crippen LogP contribution is -2.25. The smallest absolute Gasteiger partial charge is 0.258 e. The molecule has 0 bridgehead atoms. The fourth-order valence-corrected chi connectivity index (χ4v) is 3.70. The van der Waals surface area contributed by atoms with Crippen LogP contribution in [0.5, 0.6) is 0 Å². The average molecular weight is 396 g/mol. The number of nitrogens with zero attached hydrogens (tertiary/aromatic N) is 3. The number of pyridine rings is 1. The summed E-state index contributed by atoms with van der Waals surface area (Å²) in [4.78, 5) is 29.9. The maximum atomic E-state index is 12.8. The number of imidazole rings is 1. The molecule has 5 aromatic rings. The maximum absolute atomic E-state index is 12.8. The number of H-pyrrole nitrogens is 2. The zero-order valence-electron chi connectivity index (χ0n) is 16.6. The van der Waals surface area contributed by atoms with Crippen molar-refractivity contribution in [3.8, 4) is 11.3 Å². The number of aromatic nitrogens is 4. The molecule has 0 spiro atoms. The van der Waals surface area contributed by atoms with Gasteiger partial charge in [0, 0.05) is 40.5 Å². The molecule has 5 rings (SSSR count). The molecular weight excluding hydrogens is 376 g/mol. The van der Waals surface area contributed by atoms with E-state index < -0.39 is 0 Å². The number of anilines is 2. The van der Waals surface area contributed by atoms with E-state index in [0.29, 0.717) is 17.0 Å². The SMILES string of the molecule is Cc1nc2c(-c3cc4cc(N(C)C(=O)c5ccccc5)ccc4[nH]3)cc(N)nc2[nH]1. The quantitative estimate of drug-likeness (QED) is 0.423. The second-order valence-electron chi connectivity index (χ2n) is 7.30. The zero-order chi connectivity index (χ0) is 20.8. The number of nitrogens with two attached hydrogens (primary N) is 1. The molecule has 0 aliphatic rings. The normalized spacial score (nSPS) is 11.3. The number of amides is 1. The number of nitrogens with one attached hydrogen (secondary N) is 2. The van der Waals surface area contributed by atoms with Gasteiger partial charge in [-0.05, 0) is 49.4 Å². The summed E-state index contributed by atoms with van der Waals surface area (Å²) in [6, 6.07) is 19.0. The third kappa shape index (κ3) is 2.97. The third-order valence-electron chi connectivity index (χ3n) is 5.20. The number of hydrogen-bond donors (Lipinski definition) is 3. The monoisotopic (exact) mass is 396 g/mol. The Morgan fingerprint density at radius 1 is 1.00 bits per heavy atom. The first kappa shape index (κ1) is 17.9. The van der Waals surface area contributed by atoms with Crippen molar-refractivity contribution in [2.45, 2.75) is 6.92 Å². The van der Waals surface area contributed by atoms with E-state index in [1.54, 1.807) is 11.9 Å². The minimum atomic E-state index is -0.0543. The molecule has 0 saturated heterocycles. The number of rotatable bonds is 3. The van der Waals surface area contributed by atoms with Crippen molar-refractivity contribution in [3.05, 3.63) is 72.1 Å². The number of benzene rings is 2. The number of carbonyl (C=O) groups is 1. The molecule has 0 atom stereocenters. The molecule has 0 saturated carbocycles. The molecule has 2 aromatic carbocycles. The highest BCUT2D eigenvalue weighted by molar-refractivity contribution is 6.06. The Kier molecular flexibility index (Phi) is 4.03. The predicted octanol–water partition coefficient (Wildman–Crippen LogP) is 4.27. The summed E-state index contributed by atoms with van der Waals surface area (Å²) in [5.41, 5.74) is 11.6. The van der Waals surface area contributed by atoms with Crippen LogP contribution in [0.3, 0.4) is 0 Å². The second-order valence-corrected chi connectivity index (χ2v) is 7.30. The van der Waals surface area contributed by atoms with E-state index in [1.807, 2.05) is 67.6 Å². The van der Waals surface area contributed by atoms with Gasteiger partial charge in [0.05, 0.1) is 0 Å². The topological polar surface area (TPSA) is 104 Å². The van der Waals surface area contributed by atoms with Crippen molar-refractivity contribution in [1.29, 1.82) is 0 Å². The maximum Gasteiger partial charge on any atom is 0.258 e. The van der Waals surface area contributed by atoms with Crippen LogP contribution in [0.15, 0.2) is 60.7 Å². The number of aryl methyl sites for hydroxylation is 1. The Morgan fingerprint density at radius 2 is 1.80 bits per heavy atom. The summed E-state index contributed by atoms with van der Waals surface area (Å²) in [6.45, 7) is 1.89. The zero-order valence-corrected chi connectivity index (χ0v) is 16.6. The van der Waals surface area contributed by atoms with Gasteiger partial charge in [-0.3, -0.25) is 4.79 Å². The molecule has 1 amide bonds. The van der Waals surface area contributed by atoms with Gasteiger partial charge >= 0.3 is 0 Å². The highest BCUT2D eigenvalue weighted by atomic mass is 16.2. The Morgan fingerprint density at radius 3 is 2.60 bits per heavy atom. The fraction of sp³-hybridized carbons (Fsp3) is 0.0870. The Labute approximate surface area is 172 Å². The predicted molar refractivity (Wildman–Crippen MR) is 120 cm³/mol. The van der Waals surface area contributed by atoms with Crippen LogP contribution < -0.4 is 10.6 Å². The lowest BCUT2D eigenvalue weighted by Gasteiger charge is -2.17. The Hall–Kier alpha value is -4.13. The molecule has 0 radical (unpaired) electrons. The van der Waals surface area contributed by atoms with Crippen LogP contribution in [-0.4, -0.2) is 32.9 Å². The van der Waals surface area contributed by atoms with Gasteiger partial charge in [0.15, 0.2) is 5.65 Å². The highest BCUT2D eigenvalue weighted by Gasteiger charge is 2.16. The number of nitrogen functional groups attached to an aromatic ring is 1. The van der Waals surface area contributed by atoms with Crippen molar-refractivity contribution in [2.24, 2.45) is 0 Å². The summed E-state index contributed by atoms with van der Waals surface area (Å²) < 4.78 is 0.